The zero-order valence-corrected chi connectivity index (χ0v) is 11.2. The van der Waals surface area contributed by atoms with Crippen LogP contribution in [0, 0.1) is 23.7 Å². The van der Waals surface area contributed by atoms with Crippen LogP contribution in [0.3, 0.4) is 0 Å². The largest absolute Gasteiger partial charge is 0.478 e. The molecule has 1 spiro atoms. The number of hydrogen-bond donors (Lipinski definition) is 1. The first kappa shape index (κ1) is 12.2. The molecular formula is C15H22O3. The van der Waals surface area contributed by atoms with Crippen LogP contribution >= 0.6 is 0 Å². The number of carboxylic acid groups (broad SMARTS) is 1. The van der Waals surface area contributed by atoms with E-state index < -0.39 is 5.97 Å². The first-order valence-corrected chi connectivity index (χ1v) is 7.13. The van der Waals surface area contributed by atoms with Crippen molar-refractivity contribution in [2.75, 3.05) is 6.61 Å². The average Bonchev–Trinajstić information content (AvgIpc) is 2.65. The molecule has 18 heavy (non-hydrogen) atoms. The molecule has 0 unspecified atom stereocenters. The Balaban J connectivity index is 2.03. The minimum absolute atomic E-state index is 0.261. The van der Waals surface area contributed by atoms with Gasteiger partial charge in [0.15, 0.2) is 0 Å². The van der Waals surface area contributed by atoms with Gasteiger partial charge in [0.1, 0.15) is 0 Å². The molecule has 2 aliphatic carbocycles. The van der Waals surface area contributed by atoms with Crippen molar-refractivity contribution >= 4 is 5.97 Å². The summed E-state index contributed by atoms with van der Waals surface area (Å²) < 4.78 is 6.17. The molecule has 3 heteroatoms. The predicted octanol–water partition coefficient (Wildman–Crippen LogP) is 2.86. The van der Waals surface area contributed by atoms with Crippen LogP contribution in [-0.4, -0.2) is 23.3 Å². The molecule has 5 atom stereocenters. The lowest BCUT2D eigenvalue weighted by Crippen LogP contribution is -2.50. The van der Waals surface area contributed by atoms with E-state index in [1.54, 1.807) is 0 Å². The van der Waals surface area contributed by atoms with Crippen LogP contribution in [0.15, 0.2) is 11.6 Å². The molecule has 3 nitrogen and oxygen atoms in total. The fourth-order valence-corrected chi connectivity index (χ4v) is 4.51. The molecular weight excluding hydrogens is 228 g/mol. The van der Waals surface area contributed by atoms with Crippen LogP contribution in [0.2, 0.25) is 0 Å². The minimum atomic E-state index is -0.761. The highest BCUT2D eigenvalue weighted by Gasteiger charge is 2.56. The number of hydrogen-bond acceptors (Lipinski definition) is 2. The molecule has 0 aromatic heterocycles. The van der Waals surface area contributed by atoms with Gasteiger partial charge in [-0.25, -0.2) is 4.79 Å². The monoisotopic (exact) mass is 250 g/mol. The molecule has 1 aliphatic heterocycles. The summed E-state index contributed by atoms with van der Waals surface area (Å²) in [5.74, 6) is 1.49. The summed E-state index contributed by atoms with van der Waals surface area (Å²) >= 11 is 0. The van der Waals surface area contributed by atoms with Crippen molar-refractivity contribution in [1.29, 1.82) is 0 Å². The van der Waals surface area contributed by atoms with Gasteiger partial charge in [-0.05, 0) is 55.4 Å². The van der Waals surface area contributed by atoms with E-state index in [4.69, 9.17) is 4.74 Å². The van der Waals surface area contributed by atoms with Crippen LogP contribution in [0.5, 0.6) is 0 Å². The molecule has 1 saturated heterocycles. The van der Waals surface area contributed by atoms with Gasteiger partial charge in [0.2, 0.25) is 0 Å². The first-order chi connectivity index (χ1) is 8.54. The van der Waals surface area contributed by atoms with Crippen molar-refractivity contribution in [3.8, 4) is 0 Å². The Morgan fingerprint density at radius 2 is 2.00 bits per heavy atom. The number of aliphatic carboxylic acids is 1. The summed E-state index contributed by atoms with van der Waals surface area (Å²) in [5.41, 5.74) is 0.308. The summed E-state index contributed by atoms with van der Waals surface area (Å²) in [5, 5.41) is 9.25. The normalized spacial score (nSPS) is 47.1. The molecule has 3 aliphatic rings. The molecule has 1 N–H and O–H groups in total. The Labute approximate surface area is 108 Å². The van der Waals surface area contributed by atoms with Gasteiger partial charge in [0.05, 0.1) is 12.2 Å². The SMILES string of the molecule is C[C@@H]1CO[C@]23C=C(C(=O)O)CC[C@H]2[C@@H](C)CC[C@H]13. The molecule has 3 rings (SSSR count). The van der Waals surface area contributed by atoms with Gasteiger partial charge in [-0.2, -0.15) is 0 Å². The fourth-order valence-electron chi connectivity index (χ4n) is 4.51. The fraction of sp³-hybridized carbons (Fsp3) is 0.800. The van der Waals surface area contributed by atoms with Crippen molar-refractivity contribution < 1.29 is 14.6 Å². The van der Waals surface area contributed by atoms with Crippen LogP contribution in [0.25, 0.3) is 0 Å². The Bertz CT molecular complexity index is 401. The van der Waals surface area contributed by atoms with Crippen molar-refractivity contribution in [2.24, 2.45) is 23.7 Å². The third kappa shape index (κ3) is 1.56. The Hall–Kier alpha value is -0.830. The van der Waals surface area contributed by atoms with Crippen LogP contribution < -0.4 is 0 Å². The zero-order valence-electron chi connectivity index (χ0n) is 11.2. The van der Waals surface area contributed by atoms with E-state index in [0.717, 1.165) is 13.0 Å². The second kappa shape index (κ2) is 4.09. The van der Waals surface area contributed by atoms with E-state index in [2.05, 4.69) is 13.8 Å². The molecule has 100 valence electrons. The molecule has 0 radical (unpaired) electrons. The lowest BCUT2D eigenvalue weighted by Gasteiger charge is -2.49. The number of carbonyl (C=O) groups is 1. The Morgan fingerprint density at radius 1 is 1.28 bits per heavy atom. The van der Waals surface area contributed by atoms with E-state index in [9.17, 15) is 9.90 Å². The Kier molecular flexibility index (Phi) is 2.77. The standard InChI is InChI=1S/C15H22O3/c1-9-3-5-13-10(2)8-18-15(13)7-11(14(16)17)4-6-12(9)15/h7,9-10,12-13H,3-6,8H2,1-2H3,(H,16,17)/t9-,10+,12-,13+,15+/m0/s1. The smallest absolute Gasteiger partial charge is 0.331 e. The van der Waals surface area contributed by atoms with Crippen LogP contribution in [0.4, 0.5) is 0 Å². The summed E-state index contributed by atoms with van der Waals surface area (Å²) in [6, 6.07) is 0. The molecule has 1 heterocycles. The van der Waals surface area contributed by atoms with E-state index in [1.165, 1.54) is 12.8 Å². The van der Waals surface area contributed by atoms with Gasteiger partial charge < -0.3 is 9.84 Å². The first-order valence-electron chi connectivity index (χ1n) is 7.13. The van der Waals surface area contributed by atoms with E-state index >= 15 is 0 Å². The van der Waals surface area contributed by atoms with Crippen LogP contribution in [-0.2, 0) is 9.53 Å². The van der Waals surface area contributed by atoms with Crippen molar-refractivity contribution in [3.05, 3.63) is 11.6 Å². The van der Waals surface area contributed by atoms with E-state index in [-0.39, 0.29) is 5.60 Å². The zero-order chi connectivity index (χ0) is 12.9. The summed E-state index contributed by atoms with van der Waals surface area (Å²) in [6.07, 6.45) is 6.11. The molecule has 0 aromatic rings. The van der Waals surface area contributed by atoms with E-state index in [0.29, 0.717) is 35.7 Å². The number of rotatable bonds is 1. The van der Waals surface area contributed by atoms with Crippen LogP contribution in [0.1, 0.15) is 39.5 Å². The third-order valence-electron chi connectivity index (χ3n) is 5.46. The number of ether oxygens (including phenoxy) is 1. The van der Waals surface area contributed by atoms with Crippen molar-refractivity contribution in [3.63, 3.8) is 0 Å². The lowest BCUT2D eigenvalue weighted by atomic mass is 9.58. The maximum atomic E-state index is 11.3. The van der Waals surface area contributed by atoms with Gasteiger partial charge in [-0.3, -0.25) is 0 Å². The molecule has 1 saturated carbocycles. The summed E-state index contributed by atoms with van der Waals surface area (Å²) in [6.45, 7) is 5.33. The maximum Gasteiger partial charge on any atom is 0.331 e. The highest BCUT2D eigenvalue weighted by Crippen LogP contribution is 2.55. The summed E-state index contributed by atoms with van der Waals surface area (Å²) in [7, 11) is 0. The predicted molar refractivity (Wildman–Crippen MR) is 68.2 cm³/mol. The van der Waals surface area contributed by atoms with Gasteiger partial charge >= 0.3 is 5.97 Å². The number of carboxylic acids is 1. The lowest BCUT2D eigenvalue weighted by molar-refractivity contribution is -0.134. The third-order valence-corrected chi connectivity index (χ3v) is 5.46. The Morgan fingerprint density at radius 3 is 2.72 bits per heavy atom. The van der Waals surface area contributed by atoms with Gasteiger partial charge in [-0.1, -0.05) is 13.8 Å². The molecule has 0 bridgehead atoms. The van der Waals surface area contributed by atoms with Gasteiger partial charge in [0.25, 0.3) is 0 Å². The summed E-state index contributed by atoms with van der Waals surface area (Å²) in [4.78, 5) is 11.3. The van der Waals surface area contributed by atoms with Crippen molar-refractivity contribution in [2.45, 2.75) is 45.1 Å². The molecule has 0 amide bonds. The molecule has 0 aromatic carbocycles. The molecule has 2 fully saturated rings. The maximum absolute atomic E-state index is 11.3. The highest BCUT2D eigenvalue weighted by molar-refractivity contribution is 5.87. The average molecular weight is 250 g/mol. The second-order valence-electron chi connectivity index (χ2n) is 6.42. The van der Waals surface area contributed by atoms with E-state index in [1.807, 2.05) is 6.08 Å². The van der Waals surface area contributed by atoms with Gasteiger partial charge in [0, 0.05) is 5.57 Å². The van der Waals surface area contributed by atoms with Gasteiger partial charge in [-0.15, -0.1) is 0 Å². The quantitative estimate of drug-likeness (QED) is 0.778. The van der Waals surface area contributed by atoms with Crippen molar-refractivity contribution in [1.82, 2.24) is 0 Å². The second-order valence-corrected chi connectivity index (χ2v) is 6.42. The topological polar surface area (TPSA) is 46.5 Å². The highest BCUT2D eigenvalue weighted by atomic mass is 16.5. The minimum Gasteiger partial charge on any atom is -0.478 e.